The Morgan fingerprint density at radius 2 is 1.83 bits per heavy atom. The van der Waals surface area contributed by atoms with Crippen LogP contribution in [0.15, 0.2) is 12.1 Å². The minimum atomic E-state index is -2.55. The fraction of sp³-hybridized carbons (Fsp3) is 0.667. The largest absolute Gasteiger partial charge is 0.379 e. The summed E-state index contributed by atoms with van der Waals surface area (Å²) < 4.78 is 34.3. The zero-order valence-corrected chi connectivity index (χ0v) is 17.9. The van der Waals surface area contributed by atoms with Crippen molar-refractivity contribution in [3.63, 3.8) is 0 Å². The van der Waals surface area contributed by atoms with Crippen molar-refractivity contribution in [2.24, 2.45) is 0 Å². The quantitative estimate of drug-likeness (QED) is 0.796. The molecule has 7 nitrogen and oxygen atoms in total. The van der Waals surface area contributed by atoms with E-state index in [1.165, 1.54) is 0 Å². The average Bonchev–Trinajstić information content (AvgIpc) is 3.07. The molecule has 2 fully saturated rings. The van der Waals surface area contributed by atoms with E-state index in [4.69, 9.17) is 9.72 Å². The molecule has 164 valence electrons. The van der Waals surface area contributed by atoms with Gasteiger partial charge >= 0.3 is 0 Å². The number of aromatic nitrogens is 4. The molecule has 2 aliphatic rings. The Labute approximate surface area is 175 Å². The average molecular weight is 421 g/mol. The van der Waals surface area contributed by atoms with Gasteiger partial charge in [-0.25, -0.2) is 18.4 Å². The van der Waals surface area contributed by atoms with Gasteiger partial charge in [0, 0.05) is 49.8 Å². The Kier molecular flexibility index (Phi) is 6.02. The number of hydrogen-bond donors (Lipinski definition) is 1. The Balaban J connectivity index is 1.63. The van der Waals surface area contributed by atoms with Crippen molar-refractivity contribution in [2.75, 3.05) is 31.6 Å². The van der Waals surface area contributed by atoms with Gasteiger partial charge in [-0.2, -0.15) is 10.1 Å². The molecule has 30 heavy (non-hydrogen) atoms. The van der Waals surface area contributed by atoms with Crippen LogP contribution in [0.5, 0.6) is 0 Å². The zero-order chi connectivity index (χ0) is 21.3. The molecule has 1 aliphatic heterocycles. The highest BCUT2D eigenvalue weighted by molar-refractivity contribution is 5.41. The van der Waals surface area contributed by atoms with E-state index in [0.717, 1.165) is 30.2 Å². The first-order valence-electron chi connectivity index (χ1n) is 10.7. The highest BCUT2D eigenvalue weighted by Gasteiger charge is 2.35. The highest BCUT2D eigenvalue weighted by Crippen LogP contribution is 2.34. The smallest absolute Gasteiger partial charge is 0.253 e. The number of morpholine rings is 1. The second-order valence-electron chi connectivity index (χ2n) is 8.42. The number of hydrogen-bond acceptors (Lipinski definition) is 6. The van der Waals surface area contributed by atoms with Crippen molar-refractivity contribution in [3.05, 3.63) is 29.2 Å². The number of alkyl halides is 2. The van der Waals surface area contributed by atoms with Gasteiger partial charge in [0.25, 0.3) is 5.95 Å². The van der Waals surface area contributed by atoms with Gasteiger partial charge in [-0.3, -0.25) is 4.90 Å². The predicted molar refractivity (Wildman–Crippen MR) is 110 cm³/mol. The molecule has 1 aliphatic carbocycles. The molecule has 1 N–H and O–H groups in total. The molecule has 1 saturated heterocycles. The van der Waals surface area contributed by atoms with Crippen molar-refractivity contribution in [1.29, 1.82) is 0 Å². The minimum Gasteiger partial charge on any atom is -0.379 e. The second-order valence-corrected chi connectivity index (χ2v) is 8.42. The monoisotopic (exact) mass is 420 g/mol. The number of nitrogens with zero attached hydrogens (tertiary/aromatic N) is 5. The van der Waals surface area contributed by atoms with Crippen LogP contribution in [-0.2, 0) is 4.74 Å². The van der Waals surface area contributed by atoms with E-state index < -0.39 is 5.92 Å². The molecule has 2 aromatic rings. The maximum absolute atomic E-state index is 13.5. The standard InChI is InChI=1S/C21H30F2N6O/c1-14-12-15(2)29(27-14)20-25-18(16(3)28-8-10-30-11-9-28)13-19(26-20)24-17-4-6-21(22,23)7-5-17/h12-13,16-17H,4-11H2,1-3H3,(H,24,25,26). The van der Waals surface area contributed by atoms with Crippen molar-refractivity contribution in [2.45, 2.75) is 64.5 Å². The molecule has 0 radical (unpaired) electrons. The summed E-state index contributed by atoms with van der Waals surface area (Å²) in [5, 5.41) is 7.92. The third-order valence-electron chi connectivity index (χ3n) is 6.02. The van der Waals surface area contributed by atoms with E-state index in [9.17, 15) is 8.78 Å². The van der Waals surface area contributed by atoms with Gasteiger partial charge in [-0.15, -0.1) is 0 Å². The van der Waals surface area contributed by atoms with Crippen LogP contribution in [0.1, 0.15) is 55.7 Å². The van der Waals surface area contributed by atoms with Crippen LogP contribution in [0, 0.1) is 13.8 Å². The van der Waals surface area contributed by atoms with Crippen molar-refractivity contribution in [3.8, 4) is 5.95 Å². The lowest BCUT2D eigenvalue weighted by Gasteiger charge is -2.32. The fourth-order valence-corrected chi connectivity index (χ4v) is 4.21. The molecule has 0 bridgehead atoms. The Bertz CT molecular complexity index is 870. The van der Waals surface area contributed by atoms with Crippen LogP contribution in [0.25, 0.3) is 5.95 Å². The predicted octanol–water partition coefficient (Wildman–Crippen LogP) is 3.66. The van der Waals surface area contributed by atoms with Gasteiger partial charge in [-0.05, 0) is 39.7 Å². The maximum Gasteiger partial charge on any atom is 0.253 e. The summed E-state index contributed by atoms with van der Waals surface area (Å²) >= 11 is 0. The normalized spacial score (nSPS) is 21.5. The van der Waals surface area contributed by atoms with Gasteiger partial charge in [0.2, 0.25) is 5.92 Å². The van der Waals surface area contributed by atoms with Gasteiger partial charge in [0.15, 0.2) is 0 Å². The summed E-state index contributed by atoms with van der Waals surface area (Å²) in [7, 11) is 0. The minimum absolute atomic E-state index is 0.0145. The summed E-state index contributed by atoms with van der Waals surface area (Å²) in [4.78, 5) is 11.8. The Hall–Kier alpha value is -2.13. The second kappa shape index (κ2) is 8.55. The maximum atomic E-state index is 13.5. The van der Waals surface area contributed by atoms with Crippen LogP contribution >= 0.6 is 0 Å². The van der Waals surface area contributed by atoms with Crippen LogP contribution in [0.2, 0.25) is 0 Å². The third kappa shape index (κ3) is 4.78. The molecule has 9 heteroatoms. The lowest BCUT2D eigenvalue weighted by Crippen LogP contribution is -2.38. The van der Waals surface area contributed by atoms with E-state index in [1.54, 1.807) is 4.68 Å². The molecule has 2 aromatic heterocycles. The molecule has 0 aromatic carbocycles. The SMILES string of the molecule is Cc1cc(C)n(-c2nc(NC3CCC(F)(F)CC3)cc(C(C)N3CCOCC3)n2)n1. The number of nitrogens with one attached hydrogen (secondary N) is 1. The van der Waals surface area contributed by atoms with E-state index in [2.05, 4.69) is 27.2 Å². The first-order valence-corrected chi connectivity index (χ1v) is 10.7. The van der Waals surface area contributed by atoms with Crippen molar-refractivity contribution < 1.29 is 13.5 Å². The summed E-state index contributed by atoms with van der Waals surface area (Å²) in [6.07, 6.45) is 0.690. The fourth-order valence-electron chi connectivity index (χ4n) is 4.21. The van der Waals surface area contributed by atoms with E-state index in [-0.39, 0.29) is 24.9 Å². The molecule has 1 unspecified atom stereocenters. The molecule has 1 saturated carbocycles. The molecular formula is C21H30F2N6O. The van der Waals surface area contributed by atoms with Crippen LogP contribution in [0.4, 0.5) is 14.6 Å². The molecule has 0 spiro atoms. The summed E-state index contributed by atoms with van der Waals surface area (Å²) in [6, 6.07) is 4.00. The van der Waals surface area contributed by atoms with E-state index in [0.29, 0.717) is 37.8 Å². The first kappa shape index (κ1) is 21.1. The van der Waals surface area contributed by atoms with Crippen molar-refractivity contribution >= 4 is 5.82 Å². The topological polar surface area (TPSA) is 68.1 Å². The van der Waals surface area contributed by atoms with Crippen LogP contribution in [-0.4, -0.2) is 62.9 Å². The van der Waals surface area contributed by atoms with Crippen LogP contribution < -0.4 is 5.32 Å². The zero-order valence-electron chi connectivity index (χ0n) is 17.9. The molecule has 1 atom stereocenters. The van der Waals surface area contributed by atoms with Crippen molar-refractivity contribution in [1.82, 2.24) is 24.6 Å². The third-order valence-corrected chi connectivity index (χ3v) is 6.02. The summed E-state index contributed by atoms with van der Waals surface area (Å²) in [5.41, 5.74) is 2.73. The summed E-state index contributed by atoms with van der Waals surface area (Å²) in [6.45, 7) is 9.15. The number of rotatable bonds is 5. The highest BCUT2D eigenvalue weighted by atomic mass is 19.3. The van der Waals surface area contributed by atoms with E-state index in [1.807, 2.05) is 26.0 Å². The first-order chi connectivity index (χ1) is 14.3. The number of anilines is 1. The number of aryl methyl sites for hydroxylation is 2. The Morgan fingerprint density at radius 3 is 2.47 bits per heavy atom. The molecular weight excluding hydrogens is 390 g/mol. The van der Waals surface area contributed by atoms with Gasteiger partial charge in [-0.1, -0.05) is 0 Å². The molecule has 0 amide bonds. The van der Waals surface area contributed by atoms with Gasteiger partial charge < -0.3 is 10.1 Å². The van der Waals surface area contributed by atoms with Gasteiger partial charge in [0.05, 0.1) is 24.6 Å². The van der Waals surface area contributed by atoms with Crippen LogP contribution in [0.3, 0.4) is 0 Å². The Morgan fingerprint density at radius 1 is 1.13 bits per heavy atom. The molecule has 3 heterocycles. The van der Waals surface area contributed by atoms with Gasteiger partial charge in [0.1, 0.15) is 5.82 Å². The molecule has 4 rings (SSSR count). The number of ether oxygens (including phenoxy) is 1. The van der Waals surface area contributed by atoms with E-state index >= 15 is 0 Å². The lowest BCUT2D eigenvalue weighted by atomic mass is 9.92. The lowest BCUT2D eigenvalue weighted by molar-refractivity contribution is -0.0361. The number of halogens is 2. The summed E-state index contributed by atoms with van der Waals surface area (Å²) in [5.74, 6) is -1.38.